The molecule has 0 radical (unpaired) electrons. The number of nitrogens with one attached hydrogen (secondary N) is 1. The van der Waals surface area contributed by atoms with E-state index in [9.17, 15) is 18.8 Å². The predicted molar refractivity (Wildman–Crippen MR) is 203 cm³/mol. The van der Waals surface area contributed by atoms with Crippen LogP contribution in [0.5, 0.6) is 0 Å². The van der Waals surface area contributed by atoms with Gasteiger partial charge in [0.1, 0.15) is 41.2 Å². The number of aryl methyl sites for hydroxylation is 1. The minimum atomic E-state index is -0.841. The highest BCUT2D eigenvalue weighted by Crippen LogP contribution is 2.55. The van der Waals surface area contributed by atoms with Gasteiger partial charge >= 0.3 is 0 Å². The first-order chi connectivity index (χ1) is 25.0. The molecule has 4 heterocycles. The van der Waals surface area contributed by atoms with E-state index in [0.29, 0.717) is 56.7 Å². The molecule has 2 amide bonds. The molecular weight excluding hydrogens is 727 g/mol. The normalized spacial score (nSPS) is 19.5. The molecule has 3 atom stereocenters. The topological polar surface area (TPSA) is 126 Å². The van der Waals surface area contributed by atoms with Crippen molar-refractivity contribution in [3.63, 3.8) is 0 Å². The van der Waals surface area contributed by atoms with Crippen LogP contribution in [0, 0.1) is 12.3 Å². The quantitative estimate of drug-likeness (QED) is 0.0601. The van der Waals surface area contributed by atoms with Crippen molar-refractivity contribution in [1.29, 1.82) is 0 Å². The minimum absolute atomic E-state index is 0.144. The number of likely N-dealkylation sites (tertiary alicyclic amines) is 1. The number of allylic oxidation sites excluding steroid dienone is 1. The van der Waals surface area contributed by atoms with Crippen molar-refractivity contribution in [3.05, 3.63) is 76.6 Å². The van der Waals surface area contributed by atoms with Crippen molar-refractivity contribution < 1.29 is 18.8 Å². The lowest BCUT2D eigenvalue weighted by molar-refractivity contribution is -0.142. The van der Waals surface area contributed by atoms with Gasteiger partial charge in [0.25, 0.3) is 0 Å². The molecule has 1 aromatic carbocycles. The number of aromatic nitrogens is 5. The number of carbonyl (C=O) groups is 3. The molecule has 1 saturated heterocycles. The summed E-state index contributed by atoms with van der Waals surface area (Å²) in [5.74, 6) is 0.0925. The Labute approximate surface area is 312 Å². The number of rotatable bonds is 15. The molecule has 2 fully saturated rings. The summed E-state index contributed by atoms with van der Waals surface area (Å²) in [6, 6.07) is 6.25. The second kappa shape index (κ2) is 15.7. The fourth-order valence-electron chi connectivity index (χ4n) is 8.01. The number of anilines is 1. The largest absolute Gasteiger partial charge is 0.325 e. The molecule has 2 aliphatic rings. The lowest BCUT2D eigenvalue weighted by Crippen LogP contribution is -2.56. The Bertz CT molecular complexity index is 2000. The summed E-state index contributed by atoms with van der Waals surface area (Å²) >= 11 is 3.42. The SMILES string of the molecule is C=CCc1ccc(Br)nc1NC(=O)[C@@H]1C[C@@]2(CN(C)CCCCC)CC[C@H]2N1C(=O)Cn1nc(C(C)=O)c2cc(-c3cnc(C)nc3)cc(CF)c21. The number of nitrogens with zero attached hydrogens (tertiary/aromatic N) is 7. The first-order valence-corrected chi connectivity index (χ1v) is 18.7. The number of ketones is 1. The third-order valence-electron chi connectivity index (χ3n) is 10.6. The number of halogens is 2. The third kappa shape index (κ3) is 7.43. The molecular formula is C39H46BrFN8O3. The van der Waals surface area contributed by atoms with Crippen LogP contribution in [0.15, 0.2) is 53.9 Å². The summed E-state index contributed by atoms with van der Waals surface area (Å²) in [6.45, 7) is 9.81. The number of carbonyl (C=O) groups excluding carboxylic acids is 3. The lowest BCUT2D eigenvalue weighted by Gasteiger charge is -2.49. The Kier molecular flexibility index (Phi) is 11.3. The van der Waals surface area contributed by atoms with Crippen molar-refractivity contribution in [3.8, 4) is 11.1 Å². The summed E-state index contributed by atoms with van der Waals surface area (Å²) in [5, 5.41) is 8.08. The Morgan fingerprint density at radius 2 is 1.92 bits per heavy atom. The van der Waals surface area contributed by atoms with E-state index in [-0.39, 0.29) is 41.3 Å². The fraction of sp³-hybridized carbons (Fsp3) is 0.462. The minimum Gasteiger partial charge on any atom is -0.325 e. The van der Waals surface area contributed by atoms with Crippen molar-refractivity contribution in [2.75, 3.05) is 25.5 Å². The van der Waals surface area contributed by atoms with Crippen LogP contribution in [-0.4, -0.2) is 84.4 Å². The van der Waals surface area contributed by atoms with Crippen LogP contribution in [0.2, 0.25) is 0 Å². The van der Waals surface area contributed by atoms with Gasteiger partial charge in [-0.15, -0.1) is 6.58 Å². The molecule has 1 aliphatic heterocycles. The highest BCUT2D eigenvalue weighted by Gasteiger charge is 2.61. The molecule has 1 aliphatic carbocycles. The van der Waals surface area contributed by atoms with Gasteiger partial charge in [0.15, 0.2) is 5.78 Å². The number of alkyl halides is 1. The van der Waals surface area contributed by atoms with Crippen molar-refractivity contribution in [2.45, 2.75) is 91.0 Å². The zero-order chi connectivity index (χ0) is 37.2. The molecule has 6 rings (SSSR count). The summed E-state index contributed by atoms with van der Waals surface area (Å²) in [4.78, 5) is 59.0. The monoisotopic (exact) mass is 772 g/mol. The molecule has 0 spiro atoms. The number of hydrogen-bond donors (Lipinski definition) is 1. The Morgan fingerprint density at radius 3 is 2.58 bits per heavy atom. The maximum atomic E-state index is 14.8. The van der Waals surface area contributed by atoms with Gasteiger partial charge in [-0.25, -0.2) is 19.3 Å². The summed E-state index contributed by atoms with van der Waals surface area (Å²) in [5.41, 5.74) is 2.68. The fourth-order valence-corrected chi connectivity index (χ4v) is 8.32. The summed E-state index contributed by atoms with van der Waals surface area (Å²) in [6.07, 6.45) is 11.1. The van der Waals surface area contributed by atoms with E-state index in [2.05, 4.69) is 66.7 Å². The van der Waals surface area contributed by atoms with Crippen LogP contribution in [0.3, 0.4) is 0 Å². The molecule has 4 aromatic rings. The van der Waals surface area contributed by atoms with Gasteiger partial charge in [0.2, 0.25) is 11.8 Å². The van der Waals surface area contributed by atoms with Crippen LogP contribution in [-0.2, 0) is 29.2 Å². The highest BCUT2D eigenvalue weighted by molar-refractivity contribution is 9.10. The smallest absolute Gasteiger partial charge is 0.248 e. The number of unbranched alkanes of at least 4 members (excludes halogenated alkanes) is 2. The third-order valence-corrected chi connectivity index (χ3v) is 11.0. The van der Waals surface area contributed by atoms with Crippen LogP contribution >= 0.6 is 15.9 Å². The number of amides is 2. The Morgan fingerprint density at radius 1 is 1.15 bits per heavy atom. The first kappa shape index (κ1) is 37.4. The van der Waals surface area contributed by atoms with Crippen molar-refractivity contribution in [2.24, 2.45) is 5.41 Å². The van der Waals surface area contributed by atoms with Crippen LogP contribution in [0.25, 0.3) is 22.0 Å². The molecule has 1 saturated carbocycles. The molecule has 52 heavy (non-hydrogen) atoms. The summed E-state index contributed by atoms with van der Waals surface area (Å²) < 4.78 is 16.8. The van der Waals surface area contributed by atoms with E-state index in [4.69, 9.17) is 0 Å². The summed E-state index contributed by atoms with van der Waals surface area (Å²) in [7, 11) is 2.11. The molecule has 3 aromatic heterocycles. The van der Waals surface area contributed by atoms with Gasteiger partial charge < -0.3 is 15.1 Å². The van der Waals surface area contributed by atoms with Crippen LogP contribution < -0.4 is 5.32 Å². The second-order valence-electron chi connectivity index (χ2n) is 14.3. The number of benzene rings is 1. The van der Waals surface area contributed by atoms with E-state index in [0.717, 1.165) is 50.8 Å². The van der Waals surface area contributed by atoms with Gasteiger partial charge in [0, 0.05) is 53.8 Å². The molecule has 0 bridgehead atoms. The lowest BCUT2D eigenvalue weighted by atomic mass is 9.64. The van der Waals surface area contributed by atoms with Gasteiger partial charge in [-0.3, -0.25) is 19.1 Å². The zero-order valence-corrected chi connectivity index (χ0v) is 31.9. The average molecular weight is 774 g/mol. The van der Waals surface area contributed by atoms with Crippen LogP contribution in [0.1, 0.15) is 79.8 Å². The number of pyridine rings is 1. The van der Waals surface area contributed by atoms with E-state index in [1.807, 2.05) is 12.1 Å². The number of fused-ring (bicyclic) bond motifs is 2. The van der Waals surface area contributed by atoms with E-state index in [1.165, 1.54) is 11.6 Å². The number of Topliss-reactive ketones (excluding diaryl/α,β-unsaturated/α-hetero) is 1. The molecule has 0 unspecified atom stereocenters. The molecule has 274 valence electrons. The van der Waals surface area contributed by atoms with Crippen LogP contribution in [0.4, 0.5) is 10.2 Å². The maximum Gasteiger partial charge on any atom is 0.248 e. The average Bonchev–Trinajstić information content (AvgIpc) is 3.58. The van der Waals surface area contributed by atoms with Gasteiger partial charge in [-0.05, 0) is 97.9 Å². The van der Waals surface area contributed by atoms with Gasteiger partial charge in [0.05, 0.1) is 5.52 Å². The Hall–Kier alpha value is -4.36. The van der Waals surface area contributed by atoms with E-state index in [1.54, 1.807) is 42.4 Å². The Balaban J connectivity index is 1.36. The second-order valence-corrected chi connectivity index (χ2v) is 15.1. The first-order valence-electron chi connectivity index (χ1n) is 17.9. The van der Waals surface area contributed by atoms with Gasteiger partial charge in [-0.1, -0.05) is 31.9 Å². The predicted octanol–water partition coefficient (Wildman–Crippen LogP) is 6.87. The van der Waals surface area contributed by atoms with E-state index < -0.39 is 12.7 Å². The van der Waals surface area contributed by atoms with Crippen molar-refractivity contribution >= 4 is 50.2 Å². The van der Waals surface area contributed by atoms with E-state index >= 15 is 0 Å². The maximum absolute atomic E-state index is 14.8. The standard InChI is InChI=1S/C39H46BrFN8O3/c1-6-8-9-15-47(5)23-39-14-13-32(39)49(31(18-39)38(52)45-37-26(10-7-2)11-12-33(40)44-37)34(51)22-48-36-28(19-41)16-27(29-20-42-25(4)43-21-29)17-30(36)35(46-48)24(3)50/h7,11-12,16-17,20-21,31-32H,2,6,8-10,13-15,18-19,22-23H2,1,3-5H3,(H,44,45,52)/t31-,32+,39+/m0/s1. The van der Waals surface area contributed by atoms with Gasteiger partial charge in [-0.2, -0.15) is 5.10 Å². The van der Waals surface area contributed by atoms with Crippen molar-refractivity contribution in [1.82, 2.24) is 34.5 Å². The zero-order valence-electron chi connectivity index (χ0n) is 30.3. The number of hydrogen-bond acceptors (Lipinski definition) is 8. The molecule has 11 nitrogen and oxygen atoms in total. The highest BCUT2D eigenvalue weighted by atomic mass is 79.9. The molecule has 13 heteroatoms. The molecule has 1 N–H and O–H groups in total.